The molecular formula is C21H20FN3O3S. The van der Waals surface area contributed by atoms with Crippen molar-refractivity contribution in [3.8, 4) is 6.07 Å². The number of nitrogens with zero attached hydrogens (tertiary/aromatic N) is 3. The first-order valence-electron chi connectivity index (χ1n) is 8.98. The summed E-state index contributed by atoms with van der Waals surface area (Å²) in [5, 5.41) is 9.21. The van der Waals surface area contributed by atoms with Crippen LogP contribution in [0.3, 0.4) is 0 Å². The molecule has 0 spiro atoms. The van der Waals surface area contributed by atoms with Gasteiger partial charge >= 0.3 is 0 Å². The minimum Gasteiger partial charge on any atom is -0.343 e. The molecule has 8 heteroatoms. The largest absolute Gasteiger partial charge is 0.343 e. The SMILES string of the molecule is CN(CCC#N)C(=O)Cn1cc(S(=O)(=O)Cc2ccc(F)cc2)c2ccccc21. The van der Waals surface area contributed by atoms with Gasteiger partial charge in [0.25, 0.3) is 0 Å². The number of hydrogen-bond donors (Lipinski definition) is 0. The number of hydrogen-bond acceptors (Lipinski definition) is 4. The quantitative estimate of drug-likeness (QED) is 0.596. The molecule has 0 aliphatic carbocycles. The third-order valence-corrected chi connectivity index (χ3v) is 6.36. The maximum atomic E-state index is 13.1. The lowest BCUT2D eigenvalue weighted by Gasteiger charge is -2.16. The summed E-state index contributed by atoms with van der Waals surface area (Å²) in [7, 11) is -2.10. The summed E-state index contributed by atoms with van der Waals surface area (Å²) in [6, 6.07) is 14.3. The number of para-hydroxylation sites is 1. The van der Waals surface area contributed by atoms with Gasteiger partial charge in [-0.05, 0) is 23.8 Å². The molecule has 3 aromatic rings. The predicted molar refractivity (Wildman–Crippen MR) is 107 cm³/mol. The third-order valence-electron chi connectivity index (χ3n) is 4.65. The van der Waals surface area contributed by atoms with Crippen LogP contribution in [0.5, 0.6) is 0 Å². The summed E-state index contributed by atoms with van der Waals surface area (Å²) < 4.78 is 40.8. The molecule has 3 rings (SSSR count). The van der Waals surface area contributed by atoms with Gasteiger partial charge in [0.15, 0.2) is 9.84 Å². The molecule has 0 saturated heterocycles. The van der Waals surface area contributed by atoms with E-state index in [4.69, 9.17) is 5.26 Å². The maximum Gasteiger partial charge on any atom is 0.242 e. The van der Waals surface area contributed by atoms with E-state index >= 15 is 0 Å². The van der Waals surface area contributed by atoms with E-state index in [0.29, 0.717) is 23.0 Å². The second kappa shape index (κ2) is 8.45. The van der Waals surface area contributed by atoms with Crippen molar-refractivity contribution >= 4 is 26.6 Å². The number of carbonyl (C=O) groups excluding carboxylic acids is 1. The van der Waals surface area contributed by atoms with Crippen molar-refractivity contribution in [3.05, 3.63) is 66.1 Å². The van der Waals surface area contributed by atoms with Crippen LogP contribution in [0.15, 0.2) is 59.6 Å². The number of nitriles is 1. The first-order chi connectivity index (χ1) is 13.8. The number of benzene rings is 2. The molecule has 150 valence electrons. The minimum absolute atomic E-state index is 0.0332. The number of rotatable bonds is 7. The van der Waals surface area contributed by atoms with E-state index in [1.807, 2.05) is 6.07 Å². The van der Waals surface area contributed by atoms with Gasteiger partial charge < -0.3 is 9.47 Å². The second-order valence-corrected chi connectivity index (χ2v) is 8.71. The third kappa shape index (κ3) is 4.63. The molecule has 0 bridgehead atoms. The minimum atomic E-state index is -3.71. The zero-order valence-electron chi connectivity index (χ0n) is 15.9. The highest BCUT2D eigenvalue weighted by atomic mass is 32.2. The average molecular weight is 413 g/mol. The lowest BCUT2D eigenvalue weighted by atomic mass is 10.2. The van der Waals surface area contributed by atoms with Crippen molar-refractivity contribution in [3.63, 3.8) is 0 Å². The van der Waals surface area contributed by atoms with Gasteiger partial charge in [0.2, 0.25) is 5.91 Å². The van der Waals surface area contributed by atoms with E-state index in [2.05, 4.69) is 0 Å². The molecule has 2 aromatic carbocycles. The molecule has 1 aromatic heterocycles. The van der Waals surface area contributed by atoms with Crippen molar-refractivity contribution in [2.45, 2.75) is 23.6 Å². The van der Waals surface area contributed by atoms with E-state index in [9.17, 15) is 17.6 Å². The van der Waals surface area contributed by atoms with Gasteiger partial charge in [-0.25, -0.2) is 12.8 Å². The lowest BCUT2D eigenvalue weighted by molar-refractivity contribution is -0.130. The number of carbonyl (C=O) groups is 1. The Morgan fingerprint density at radius 2 is 1.86 bits per heavy atom. The average Bonchev–Trinajstić information content (AvgIpc) is 3.07. The molecule has 0 unspecified atom stereocenters. The lowest BCUT2D eigenvalue weighted by Crippen LogP contribution is -2.30. The summed E-state index contributed by atoms with van der Waals surface area (Å²) in [4.78, 5) is 14.0. The molecule has 29 heavy (non-hydrogen) atoms. The van der Waals surface area contributed by atoms with Crippen LogP contribution in [0.4, 0.5) is 4.39 Å². The van der Waals surface area contributed by atoms with Gasteiger partial charge in [-0.1, -0.05) is 30.3 Å². The van der Waals surface area contributed by atoms with Crippen LogP contribution in [-0.4, -0.2) is 37.4 Å². The van der Waals surface area contributed by atoms with Crippen LogP contribution in [-0.2, 0) is 26.9 Å². The summed E-state index contributed by atoms with van der Waals surface area (Å²) in [5.74, 6) is -0.914. The molecule has 0 aliphatic heterocycles. The fourth-order valence-corrected chi connectivity index (χ4v) is 4.66. The summed E-state index contributed by atoms with van der Waals surface area (Å²) in [5.41, 5.74) is 1.11. The molecule has 0 saturated carbocycles. The Kier molecular flexibility index (Phi) is 5.99. The van der Waals surface area contributed by atoms with E-state index in [1.165, 1.54) is 35.4 Å². The smallest absolute Gasteiger partial charge is 0.242 e. The van der Waals surface area contributed by atoms with Crippen molar-refractivity contribution in [2.24, 2.45) is 0 Å². The van der Waals surface area contributed by atoms with Crippen LogP contribution in [0.1, 0.15) is 12.0 Å². The zero-order chi connectivity index (χ0) is 21.0. The van der Waals surface area contributed by atoms with Gasteiger partial charge in [0.1, 0.15) is 12.4 Å². The van der Waals surface area contributed by atoms with E-state index in [-0.39, 0.29) is 29.5 Å². The highest BCUT2D eigenvalue weighted by molar-refractivity contribution is 7.90. The fourth-order valence-electron chi connectivity index (χ4n) is 3.08. The standard InChI is InChI=1S/C21H20FN3O3S/c1-24(12-4-11-23)21(26)14-25-13-20(18-5-2-3-6-19(18)25)29(27,28)15-16-7-9-17(22)10-8-16/h2-3,5-10,13H,4,12,14-15H2,1H3. The number of sulfone groups is 1. The Labute approximate surface area is 168 Å². The molecule has 1 amide bonds. The van der Waals surface area contributed by atoms with Gasteiger partial charge in [-0.2, -0.15) is 5.26 Å². The normalized spacial score (nSPS) is 11.3. The van der Waals surface area contributed by atoms with Crippen LogP contribution >= 0.6 is 0 Å². The molecule has 0 aliphatic rings. The maximum absolute atomic E-state index is 13.1. The Bertz CT molecular complexity index is 1180. The fraction of sp³-hybridized carbons (Fsp3) is 0.238. The number of amides is 1. The van der Waals surface area contributed by atoms with Crippen molar-refractivity contribution < 1.29 is 17.6 Å². The van der Waals surface area contributed by atoms with Crippen molar-refractivity contribution in [1.82, 2.24) is 9.47 Å². The monoisotopic (exact) mass is 413 g/mol. The van der Waals surface area contributed by atoms with Crippen molar-refractivity contribution in [1.29, 1.82) is 5.26 Å². The summed E-state index contributed by atoms with van der Waals surface area (Å²) >= 11 is 0. The Morgan fingerprint density at radius 1 is 1.17 bits per heavy atom. The number of aromatic nitrogens is 1. The van der Waals surface area contributed by atoms with Gasteiger partial charge in [0, 0.05) is 30.7 Å². The first-order valence-corrected chi connectivity index (χ1v) is 10.6. The molecule has 0 radical (unpaired) electrons. The molecular weight excluding hydrogens is 393 g/mol. The van der Waals surface area contributed by atoms with Gasteiger partial charge in [-0.15, -0.1) is 0 Å². The number of likely N-dealkylation sites (N-methyl/N-ethyl adjacent to an activating group) is 1. The highest BCUT2D eigenvalue weighted by Crippen LogP contribution is 2.28. The molecule has 0 atom stereocenters. The number of halogens is 1. The first kappa shape index (κ1) is 20.6. The number of fused-ring (bicyclic) bond motifs is 1. The van der Waals surface area contributed by atoms with Gasteiger partial charge in [0.05, 0.1) is 23.1 Å². The summed E-state index contributed by atoms with van der Waals surface area (Å²) in [6.45, 7) is 0.277. The van der Waals surface area contributed by atoms with Crippen LogP contribution in [0.25, 0.3) is 10.9 Å². The molecule has 0 N–H and O–H groups in total. The van der Waals surface area contributed by atoms with E-state index in [1.54, 1.807) is 35.9 Å². The Morgan fingerprint density at radius 3 is 2.55 bits per heavy atom. The molecule has 1 heterocycles. The zero-order valence-corrected chi connectivity index (χ0v) is 16.7. The Balaban J connectivity index is 1.94. The topological polar surface area (TPSA) is 83.2 Å². The Hall–Kier alpha value is -3.18. The predicted octanol–water partition coefficient (Wildman–Crippen LogP) is 3.13. The van der Waals surface area contributed by atoms with Crippen LogP contribution in [0, 0.1) is 17.1 Å². The van der Waals surface area contributed by atoms with Gasteiger partial charge in [-0.3, -0.25) is 4.79 Å². The summed E-state index contributed by atoms with van der Waals surface area (Å²) in [6.07, 6.45) is 1.70. The molecule has 6 nitrogen and oxygen atoms in total. The second-order valence-electron chi connectivity index (χ2n) is 6.75. The van der Waals surface area contributed by atoms with Crippen LogP contribution in [0.2, 0.25) is 0 Å². The highest BCUT2D eigenvalue weighted by Gasteiger charge is 2.23. The van der Waals surface area contributed by atoms with Crippen LogP contribution < -0.4 is 0 Å². The van der Waals surface area contributed by atoms with E-state index < -0.39 is 15.7 Å². The van der Waals surface area contributed by atoms with Crippen molar-refractivity contribution in [2.75, 3.05) is 13.6 Å². The molecule has 0 fully saturated rings. The van der Waals surface area contributed by atoms with E-state index in [0.717, 1.165) is 0 Å².